The first-order chi connectivity index (χ1) is 7.33. The summed E-state index contributed by atoms with van der Waals surface area (Å²) in [6.07, 6.45) is 1.14. The Morgan fingerprint density at radius 3 is 3.13 bits per heavy atom. The van der Waals surface area contributed by atoms with E-state index in [1.165, 1.54) is 0 Å². The predicted octanol–water partition coefficient (Wildman–Crippen LogP) is 2.04. The van der Waals surface area contributed by atoms with Crippen molar-refractivity contribution >= 4 is 11.6 Å². The third-order valence-electron chi connectivity index (χ3n) is 2.23. The summed E-state index contributed by atoms with van der Waals surface area (Å²) in [5.41, 5.74) is 4.32. The fraction of sp³-hybridized carbons (Fsp3) is 0.167. The molecule has 76 valence electrons. The number of carbonyl (C=O) groups excluding carboxylic acids is 1. The molecule has 3 heteroatoms. The van der Waals surface area contributed by atoms with Crippen molar-refractivity contribution in [3.8, 4) is 0 Å². The van der Waals surface area contributed by atoms with E-state index in [1.807, 2.05) is 24.3 Å². The third kappa shape index (κ3) is 1.84. The first-order valence-electron chi connectivity index (χ1n) is 4.68. The average Bonchev–Trinajstić information content (AvgIpc) is 2.56. The van der Waals surface area contributed by atoms with Gasteiger partial charge in [0, 0.05) is 11.3 Å². The molecule has 1 unspecified atom stereocenters. The normalized spacial score (nSPS) is 17.9. The van der Waals surface area contributed by atoms with Gasteiger partial charge in [0.25, 0.3) is 5.91 Å². The number of amides is 1. The summed E-state index contributed by atoms with van der Waals surface area (Å²) in [6.45, 7) is 3.77. The zero-order valence-electron chi connectivity index (χ0n) is 8.19. The van der Waals surface area contributed by atoms with E-state index in [2.05, 4.69) is 17.6 Å². The summed E-state index contributed by atoms with van der Waals surface area (Å²) in [4.78, 5) is 11.5. The van der Waals surface area contributed by atoms with Gasteiger partial charge in [-0.05, 0) is 12.1 Å². The average molecular weight is 201 g/mol. The van der Waals surface area contributed by atoms with Crippen molar-refractivity contribution in [2.45, 2.75) is 6.10 Å². The van der Waals surface area contributed by atoms with Gasteiger partial charge in [0.15, 0.2) is 6.10 Å². The van der Waals surface area contributed by atoms with Crippen LogP contribution in [0.4, 0.5) is 5.69 Å². The number of benzene rings is 1. The Morgan fingerprint density at radius 1 is 1.53 bits per heavy atom. The summed E-state index contributed by atoms with van der Waals surface area (Å²) in [6, 6.07) is 7.51. The summed E-state index contributed by atoms with van der Waals surface area (Å²) in [5.74, 6) is -0.117. The summed E-state index contributed by atoms with van der Waals surface area (Å²) < 4.78 is 5.41. The number of ether oxygens (including phenoxy) is 1. The smallest absolute Gasteiger partial charge is 0.258 e. The van der Waals surface area contributed by atoms with E-state index in [0.29, 0.717) is 6.61 Å². The molecule has 0 spiro atoms. The first kappa shape index (κ1) is 9.71. The van der Waals surface area contributed by atoms with E-state index in [-0.39, 0.29) is 5.91 Å². The van der Waals surface area contributed by atoms with Crippen LogP contribution in [0.2, 0.25) is 0 Å². The minimum Gasteiger partial charge on any atom is -0.359 e. The van der Waals surface area contributed by atoms with Crippen LogP contribution in [-0.4, -0.2) is 12.5 Å². The van der Waals surface area contributed by atoms with Crippen LogP contribution < -0.4 is 5.32 Å². The standard InChI is InChI=1S/C12H11NO2/c1-2-3-8-15-11-9-6-4-5-7-10(9)13-12(11)14/h3-7,11H,1,8H2,(H,13,14). The quantitative estimate of drug-likeness (QED) is 0.760. The van der Waals surface area contributed by atoms with E-state index < -0.39 is 6.10 Å². The van der Waals surface area contributed by atoms with Crippen LogP contribution in [-0.2, 0) is 9.53 Å². The molecule has 1 amide bonds. The maximum Gasteiger partial charge on any atom is 0.258 e. The number of hydrogen-bond donors (Lipinski definition) is 1. The Kier molecular flexibility index (Phi) is 2.68. The lowest BCUT2D eigenvalue weighted by molar-refractivity contribution is -0.126. The second kappa shape index (κ2) is 4.13. The van der Waals surface area contributed by atoms with Gasteiger partial charge in [0.05, 0.1) is 6.61 Å². The molecule has 0 saturated carbocycles. The third-order valence-corrected chi connectivity index (χ3v) is 2.23. The highest BCUT2D eigenvalue weighted by molar-refractivity contribution is 6.01. The minimum atomic E-state index is -0.509. The van der Waals surface area contributed by atoms with Crippen LogP contribution in [0.15, 0.2) is 42.7 Å². The molecule has 2 rings (SSSR count). The Bertz CT molecular complexity index is 433. The first-order valence-corrected chi connectivity index (χ1v) is 4.68. The Labute approximate surface area is 88.1 Å². The Morgan fingerprint density at radius 2 is 2.33 bits per heavy atom. The molecule has 1 N–H and O–H groups in total. The van der Waals surface area contributed by atoms with Crippen LogP contribution in [0, 0.1) is 0 Å². The van der Waals surface area contributed by atoms with Gasteiger partial charge >= 0.3 is 0 Å². The number of para-hydroxylation sites is 1. The van der Waals surface area contributed by atoms with Crippen molar-refractivity contribution in [3.63, 3.8) is 0 Å². The largest absolute Gasteiger partial charge is 0.359 e. The molecule has 0 fully saturated rings. The van der Waals surface area contributed by atoms with Crippen LogP contribution in [0.25, 0.3) is 0 Å². The molecule has 1 aromatic rings. The van der Waals surface area contributed by atoms with Crippen LogP contribution in [0.1, 0.15) is 11.7 Å². The lowest BCUT2D eigenvalue weighted by Crippen LogP contribution is -2.15. The predicted molar refractivity (Wildman–Crippen MR) is 57.5 cm³/mol. The monoisotopic (exact) mass is 201 g/mol. The number of rotatable bonds is 3. The van der Waals surface area contributed by atoms with Crippen molar-refractivity contribution in [2.75, 3.05) is 11.9 Å². The van der Waals surface area contributed by atoms with Crippen molar-refractivity contribution < 1.29 is 9.53 Å². The maximum absolute atomic E-state index is 11.5. The highest BCUT2D eigenvalue weighted by atomic mass is 16.5. The van der Waals surface area contributed by atoms with E-state index in [0.717, 1.165) is 11.3 Å². The van der Waals surface area contributed by atoms with Crippen molar-refractivity contribution in [1.29, 1.82) is 0 Å². The molecule has 1 heterocycles. The van der Waals surface area contributed by atoms with E-state index in [1.54, 1.807) is 6.08 Å². The molecular weight excluding hydrogens is 190 g/mol. The Balaban J connectivity index is 2.18. The number of fused-ring (bicyclic) bond motifs is 1. The van der Waals surface area contributed by atoms with Gasteiger partial charge in [-0.2, -0.15) is 0 Å². The molecule has 0 aliphatic carbocycles. The molecule has 1 aromatic carbocycles. The molecule has 0 radical (unpaired) electrons. The number of hydrogen-bond acceptors (Lipinski definition) is 2. The van der Waals surface area contributed by atoms with Gasteiger partial charge < -0.3 is 10.1 Å². The molecule has 3 nitrogen and oxygen atoms in total. The van der Waals surface area contributed by atoms with Crippen LogP contribution >= 0.6 is 0 Å². The molecule has 1 atom stereocenters. The highest BCUT2D eigenvalue weighted by Crippen LogP contribution is 2.32. The van der Waals surface area contributed by atoms with E-state index in [9.17, 15) is 4.79 Å². The summed E-state index contributed by atoms with van der Waals surface area (Å²) in [5, 5.41) is 2.76. The molecule has 0 aromatic heterocycles. The van der Waals surface area contributed by atoms with Gasteiger partial charge in [-0.15, -0.1) is 5.73 Å². The van der Waals surface area contributed by atoms with Gasteiger partial charge in [-0.25, -0.2) is 0 Å². The molecule has 0 bridgehead atoms. The van der Waals surface area contributed by atoms with Gasteiger partial charge in [-0.1, -0.05) is 24.8 Å². The number of carbonyl (C=O) groups is 1. The lowest BCUT2D eigenvalue weighted by Gasteiger charge is -2.07. The van der Waals surface area contributed by atoms with Crippen LogP contribution in [0.3, 0.4) is 0 Å². The SMILES string of the molecule is C=C=CCOC1C(=O)Nc2ccccc21. The minimum absolute atomic E-state index is 0.117. The summed E-state index contributed by atoms with van der Waals surface area (Å²) in [7, 11) is 0. The van der Waals surface area contributed by atoms with Crippen LogP contribution in [0.5, 0.6) is 0 Å². The van der Waals surface area contributed by atoms with Crippen molar-refractivity contribution in [1.82, 2.24) is 0 Å². The van der Waals surface area contributed by atoms with Crippen molar-refractivity contribution in [2.24, 2.45) is 0 Å². The zero-order valence-corrected chi connectivity index (χ0v) is 8.19. The summed E-state index contributed by atoms with van der Waals surface area (Å²) >= 11 is 0. The Hall–Kier alpha value is -1.83. The highest BCUT2D eigenvalue weighted by Gasteiger charge is 2.30. The second-order valence-corrected chi connectivity index (χ2v) is 3.20. The number of nitrogens with one attached hydrogen (secondary N) is 1. The zero-order chi connectivity index (χ0) is 10.7. The van der Waals surface area contributed by atoms with Gasteiger partial charge in [-0.3, -0.25) is 4.79 Å². The maximum atomic E-state index is 11.5. The van der Waals surface area contributed by atoms with E-state index >= 15 is 0 Å². The van der Waals surface area contributed by atoms with Crippen molar-refractivity contribution in [3.05, 3.63) is 48.2 Å². The second-order valence-electron chi connectivity index (χ2n) is 3.20. The van der Waals surface area contributed by atoms with E-state index in [4.69, 9.17) is 4.74 Å². The molecule has 15 heavy (non-hydrogen) atoms. The molecule has 1 aliphatic heterocycles. The lowest BCUT2D eigenvalue weighted by atomic mass is 10.1. The molecule has 0 saturated heterocycles. The van der Waals surface area contributed by atoms with Gasteiger partial charge in [0.1, 0.15) is 0 Å². The fourth-order valence-corrected chi connectivity index (χ4v) is 1.55. The fourth-order valence-electron chi connectivity index (χ4n) is 1.55. The van der Waals surface area contributed by atoms with Gasteiger partial charge in [0.2, 0.25) is 0 Å². The molecular formula is C12H11NO2. The topological polar surface area (TPSA) is 38.3 Å². The number of anilines is 1. The molecule has 1 aliphatic rings.